The molecular weight excluding hydrogens is 450 g/mol. The first kappa shape index (κ1) is 25.1. The molecule has 3 aromatic rings. The van der Waals surface area contributed by atoms with E-state index in [9.17, 15) is 9.59 Å². The third kappa shape index (κ3) is 6.48. The highest BCUT2D eigenvalue weighted by Crippen LogP contribution is 2.37. The number of hydrogen-bond acceptors (Lipinski definition) is 6. The molecule has 0 spiro atoms. The maximum atomic E-state index is 12.8. The van der Waals surface area contributed by atoms with Crippen molar-refractivity contribution in [3.63, 3.8) is 0 Å². The predicted octanol–water partition coefficient (Wildman–Crippen LogP) is 6.43. The van der Waals surface area contributed by atoms with Gasteiger partial charge in [0.25, 0.3) is 0 Å². The Morgan fingerprint density at radius 3 is 2.44 bits per heavy atom. The fourth-order valence-corrected chi connectivity index (χ4v) is 4.21. The van der Waals surface area contributed by atoms with Crippen molar-refractivity contribution in [2.24, 2.45) is 0 Å². The van der Waals surface area contributed by atoms with E-state index in [1.54, 1.807) is 13.0 Å². The van der Waals surface area contributed by atoms with Gasteiger partial charge in [-0.3, -0.25) is 4.79 Å². The largest absolute Gasteiger partial charge is 0.494 e. The average Bonchev–Trinajstić information content (AvgIpc) is 3.26. The summed E-state index contributed by atoms with van der Waals surface area (Å²) in [5.41, 5.74) is 2.67. The minimum absolute atomic E-state index is 0.235. The Hall–Kier alpha value is -3.58. The third-order valence-corrected chi connectivity index (χ3v) is 5.67. The molecule has 1 N–H and O–H groups in total. The van der Waals surface area contributed by atoms with Crippen molar-refractivity contribution in [2.45, 2.75) is 27.2 Å². The zero-order chi connectivity index (χ0) is 24.3. The molecule has 1 aromatic heterocycles. The number of hydrogen-bond donors (Lipinski definition) is 1. The maximum Gasteiger partial charge on any atom is 0.341 e. The molecule has 0 aliphatic heterocycles. The lowest BCUT2D eigenvalue weighted by molar-refractivity contribution is -0.111. The van der Waals surface area contributed by atoms with Gasteiger partial charge < -0.3 is 19.5 Å². The van der Waals surface area contributed by atoms with Crippen LogP contribution in [0.2, 0.25) is 0 Å². The van der Waals surface area contributed by atoms with Crippen LogP contribution in [0.3, 0.4) is 0 Å². The molecule has 0 saturated carbocycles. The number of amides is 1. The monoisotopic (exact) mass is 479 g/mol. The van der Waals surface area contributed by atoms with Crippen LogP contribution in [-0.2, 0) is 9.53 Å². The molecule has 0 radical (unpaired) electrons. The molecule has 1 heterocycles. The smallest absolute Gasteiger partial charge is 0.341 e. The molecule has 0 aliphatic carbocycles. The first-order valence-electron chi connectivity index (χ1n) is 11.3. The Labute approximate surface area is 204 Å². The van der Waals surface area contributed by atoms with E-state index < -0.39 is 5.97 Å². The maximum absolute atomic E-state index is 12.8. The van der Waals surface area contributed by atoms with Crippen LogP contribution >= 0.6 is 11.3 Å². The zero-order valence-corrected chi connectivity index (χ0v) is 20.4. The van der Waals surface area contributed by atoms with Gasteiger partial charge in [0.05, 0.1) is 19.8 Å². The molecule has 0 fully saturated rings. The van der Waals surface area contributed by atoms with Crippen LogP contribution in [0.1, 0.15) is 43.1 Å². The number of rotatable bonds is 11. The summed E-state index contributed by atoms with van der Waals surface area (Å²) in [5.74, 6) is 0.636. The second kappa shape index (κ2) is 12.6. The summed E-state index contributed by atoms with van der Waals surface area (Å²) in [6.07, 6.45) is 4.02. The van der Waals surface area contributed by atoms with Crippen molar-refractivity contribution in [3.05, 3.63) is 71.1 Å². The van der Waals surface area contributed by atoms with E-state index in [0.717, 1.165) is 29.0 Å². The second-order valence-corrected chi connectivity index (χ2v) is 8.12. The molecule has 0 atom stereocenters. The van der Waals surface area contributed by atoms with Crippen LogP contribution in [0.15, 0.2) is 60.0 Å². The minimum atomic E-state index is -0.481. The van der Waals surface area contributed by atoms with Crippen molar-refractivity contribution in [2.75, 3.05) is 25.1 Å². The van der Waals surface area contributed by atoms with Crippen molar-refractivity contribution < 1.29 is 23.8 Å². The lowest BCUT2D eigenvalue weighted by Crippen LogP contribution is -2.12. The van der Waals surface area contributed by atoms with E-state index in [0.29, 0.717) is 29.3 Å². The normalized spacial score (nSPS) is 10.8. The number of carbonyl (C=O) groups is 2. The van der Waals surface area contributed by atoms with Gasteiger partial charge >= 0.3 is 5.97 Å². The van der Waals surface area contributed by atoms with Gasteiger partial charge in [0.2, 0.25) is 5.91 Å². The lowest BCUT2D eigenvalue weighted by atomic mass is 10.0. The summed E-state index contributed by atoms with van der Waals surface area (Å²) < 4.78 is 16.5. The number of benzene rings is 2. The summed E-state index contributed by atoms with van der Waals surface area (Å²) in [6, 6.07) is 15.0. The Balaban J connectivity index is 1.83. The molecule has 0 aliphatic rings. The van der Waals surface area contributed by atoms with Crippen LogP contribution in [-0.4, -0.2) is 31.7 Å². The second-order valence-electron chi connectivity index (χ2n) is 7.24. The van der Waals surface area contributed by atoms with Crippen molar-refractivity contribution in [3.8, 4) is 22.6 Å². The van der Waals surface area contributed by atoms with Gasteiger partial charge in [-0.1, -0.05) is 37.3 Å². The van der Waals surface area contributed by atoms with Gasteiger partial charge in [0, 0.05) is 22.6 Å². The van der Waals surface area contributed by atoms with Gasteiger partial charge in [0.1, 0.15) is 22.1 Å². The highest BCUT2D eigenvalue weighted by Gasteiger charge is 2.22. The number of thiophene rings is 1. The molecule has 3 rings (SSSR count). The van der Waals surface area contributed by atoms with Crippen LogP contribution < -0.4 is 14.8 Å². The molecule has 0 bridgehead atoms. The molecular formula is C27H29NO5S. The van der Waals surface area contributed by atoms with E-state index in [-0.39, 0.29) is 12.5 Å². The lowest BCUT2D eigenvalue weighted by Gasteiger charge is -2.09. The summed E-state index contributed by atoms with van der Waals surface area (Å²) in [5, 5.41) is 5.11. The molecule has 2 aromatic carbocycles. The SMILES string of the molecule is CCCOc1ccccc1/C=C/C(=O)Nc1scc(-c2ccc(OCC)cc2)c1C(=O)OCC. The third-order valence-electron chi connectivity index (χ3n) is 4.78. The number of ether oxygens (including phenoxy) is 3. The van der Waals surface area contributed by atoms with Crippen molar-refractivity contribution in [1.82, 2.24) is 0 Å². The molecule has 1 amide bonds. The summed E-state index contributed by atoms with van der Waals surface area (Å²) in [4.78, 5) is 25.5. The number of carbonyl (C=O) groups excluding carboxylic acids is 2. The van der Waals surface area contributed by atoms with Crippen molar-refractivity contribution >= 4 is 34.3 Å². The number of para-hydroxylation sites is 1. The predicted molar refractivity (Wildman–Crippen MR) is 137 cm³/mol. The number of anilines is 1. The van der Waals surface area contributed by atoms with E-state index in [2.05, 4.69) is 5.32 Å². The zero-order valence-electron chi connectivity index (χ0n) is 19.6. The summed E-state index contributed by atoms with van der Waals surface area (Å²) in [7, 11) is 0. The number of esters is 1. The van der Waals surface area contributed by atoms with Crippen LogP contribution in [0.4, 0.5) is 5.00 Å². The van der Waals surface area contributed by atoms with Gasteiger partial charge in [-0.05, 0) is 50.1 Å². The highest BCUT2D eigenvalue weighted by molar-refractivity contribution is 7.15. The van der Waals surface area contributed by atoms with E-state index in [4.69, 9.17) is 14.2 Å². The molecule has 0 saturated heterocycles. The standard InChI is InChI=1S/C27H29NO5S/c1-4-17-33-23-10-8-7-9-20(23)13-16-24(29)28-26-25(27(30)32-6-3)22(18-34-26)19-11-14-21(15-12-19)31-5-2/h7-16,18H,4-6,17H2,1-3H3,(H,28,29)/b16-13+. The number of nitrogens with one attached hydrogen (secondary N) is 1. The van der Waals surface area contributed by atoms with Crippen molar-refractivity contribution in [1.29, 1.82) is 0 Å². The molecule has 6 nitrogen and oxygen atoms in total. The Bertz CT molecular complexity index is 1130. The highest BCUT2D eigenvalue weighted by atomic mass is 32.1. The summed E-state index contributed by atoms with van der Waals surface area (Å²) >= 11 is 1.28. The Morgan fingerprint density at radius 1 is 0.971 bits per heavy atom. The fraction of sp³-hybridized carbons (Fsp3) is 0.259. The van der Waals surface area contributed by atoms with Crippen LogP contribution in [0.5, 0.6) is 11.5 Å². The topological polar surface area (TPSA) is 73.9 Å². The average molecular weight is 480 g/mol. The van der Waals surface area contributed by atoms with Gasteiger partial charge in [-0.25, -0.2) is 4.79 Å². The van der Waals surface area contributed by atoms with Gasteiger partial charge in [-0.2, -0.15) is 0 Å². The van der Waals surface area contributed by atoms with Crippen LogP contribution in [0, 0.1) is 0 Å². The van der Waals surface area contributed by atoms with E-state index in [1.165, 1.54) is 17.4 Å². The molecule has 178 valence electrons. The molecule has 34 heavy (non-hydrogen) atoms. The quantitative estimate of drug-likeness (QED) is 0.253. The van der Waals surface area contributed by atoms with E-state index >= 15 is 0 Å². The van der Waals surface area contributed by atoms with Gasteiger partial charge in [0.15, 0.2) is 0 Å². The molecule has 0 unspecified atom stereocenters. The first-order chi connectivity index (χ1) is 16.6. The minimum Gasteiger partial charge on any atom is -0.494 e. The summed E-state index contributed by atoms with van der Waals surface area (Å²) in [6.45, 7) is 7.12. The van der Waals surface area contributed by atoms with Crippen LogP contribution in [0.25, 0.3) is 17.2 Å². The van der Waals surface area contributed by atoms with Gasteiger partial charge in [-0.15, -0.1) is 11.3 Å². The Morgan fingerprint density at radius 2 is 1.74 bits per heavy atom. The van der Waals surface area contributed by atoms with E-state index in [1.807, 2.05) is 67.8 Å². The molecule has 7 heteroatoms. The first-order valence-corrected chi connectivity index (χ1v) is 12.2. The fourth-order valence-electron chi connectivity index (χ4n) is 3.25. The Kier molecular flexibility index (Phi) is 9.29.